The van der Waals surface area contributed by atoms with E-state index in [1.807, 2.05) is 31.4 Å². The van der Waals surface area contributed by atoms with E-state index >= 15 is 0 Å². The van der Waals surface area contributed by atoms with Gasteiger partial charge in [-0.25, -0.2) is 0 Å². The number of anilines is 1. The predicted molar refractivity (Wildman–Crippen MR) is 65.8 cm³/mol. The number of benzene rings is 1. The highest BCUT2D eigenvalue weighted by Crippen LogP contribution is 2.19. The smallest absolute Gasteiger partial charge is 0.0933 e. The van der Waals surface area contributed by atoms with Gasteiger partial charge in [0, 0.05) is 18.6 Å². The van der Waals surface area contributed by atoms with Gasteiger partial charge in [-0.05, 0) is 12.1 Å². The molecule has 0 saturated carbocycles. The molecule has 0 atom stereocenters. The third-order valence-corrected chi connectivity index (χ3v) is 1.90. The molecular formula is C10H12Cl2N2. The van der Waals surface area contributed by atoms with E-state index in [1.54, 1.807) is 0 Å². The van der Waals surface area contributed by atoms with E-state index in [0.717, 1.165) is 11.2 Å². The van der Waals surface area contributed by atoms with Crippen LogP contribution in [0.5, 0.6) is 0 Å². The van der Waals surface area contributed by atoms with E-state index in [2.05, 4.69) is 22.4 Å². The lowest BCUT2D eigenvalue weighted by molar-refractivity contribution is 1.39. The number of nitrogens with one attached hydrogen (secondary N) is 1. The maximum Gasteiger partial charge on any atom is 0.0933 e. The third kappa shape index (κ3) is 2.28. The SMILES string of the molecule is CNc1cccc2cccnc12.Cl.Cl. The average molecular weight is 231 g/mol. The number of halogens is 2. The van der Waals surface area contributed by atoms with E-state index in [-0.39, 0.29) is 24.8 Å². The fraction of sp³-hybridized carbons (Fsp3) is 0.100. The summed E-state index contributed by atoms with van der Waals surface area (Å²) < 4.78 is 0. The summed E-state index contributed by atoms with van der Waals surface area (Å²) >= 11 is 0. The molecule has 0 aliphatic heterocycles. The van der Waals surface area contributed by atoms with E-state index < -0.39 is 0 Å². The Morgan fingerprint density at radius 1 is 1.07 bits per heavy atom. The quantitative estimate of drug-likeness (QED) is 0.815. The number of hydrogen-bond acceptors (Lipinski definition) is 2. The second-order valence-electron chi connectivity index (χ2n) is 2.63. The Labute approximate surface area is 95.6 Å². The van der Waals surface area contributed by atoms with Crippen LogP contribution in [0.15, 0.2) is 36.5 Å². The van der Waals surface area contributed by atoms with Gasteiger partial charge in [0.1, 0.15) is 0 Å². The molecule has 0 aliphatic carbocycles. The molecule has 4 heteroatoms. The molecular weight excluding hydrogens is 219 g/mol. The van der Waals surface area contributed by atoms with Crippen LogP contribution < -0.4 is 5.32 Å². The summed E-state index contributed by atoms with van der Waals surface area (Å²) in [6.07, 6.45) is 1.81. The average Bonchev–Trinajstić information content (AvgIpc) is 2.17. The normalized spacial score (nSPS) is 8.64. The van der Waals surface area contributed by atoms with Gasteiger partial charge in [0.15, 0.2) is 0 Å². The number of para-hydroxylation sites is 1. The first-order valence-electron chi connectivity index (χ1n) is 3.93. The van der Waals surface area contributed by atoms with Crippen molar-refractivity contribution in [3.8, 4) is 0 Å². The molecule has 76 valence electrons. The Kier molecular flexibility index (Phi) is 5.28. The molecule has 0 amide bonds. The largest absolute Gasteiger partial charge is 0.386 e. The molecule has 0 aliphatic rings. The number of aromatic nitrogens is 1. The number of fused-ring (bicyclic) bond motifs is 1. The van der Waals surface area contributed by atoms with Crippen LogP contribution >= 0.6 is 24.8 Å². The van der Waals surface area contributed by atoms with Crippen molar-refractivity contribution in [2.75, 3.05) is 12.4 Å². The molecule has 2 nitrogen and oxygen atoms in total. The zero-order valence-electron chi connectivity index (χ0n) is 7.73. The van der Waals surface area contributed by atoms with Gasteiger partial charge in [0.25, 0.3) is 0 Å². The van der Waals surface area contributed by atoms with Gasteiger partial charge in [-0.2, -0.15) is 0 Å². The zero-order chi connectivity index (χ0) is 8.39. The van der Waals surface area contributed by atoms with Crippen molar-refractivity contribution in [3.63, 3.8) is 0 Å². The molecule has 0 bridgehead atoms. The van der Waals surface area contributed by atoms with Crippen LogP contribution in [-0.4, -0.2) is 12.0 Å². The predicted octanol–water partition coefficient (Wildman–Crippen LogP) is 3.12. The summed E-state index contributed by atoms with van der Waals surface area (Å²) in [5, 5.41) is 4.28. The minimum absolute atomic E-state index is 0. The fourth-order valence-electron chi connectivity index (χ4n) is 1.31. The topological polar surface area (TPSA) is 24.9 Å². The van der Waals surface area contributed by atoms with Gasteiger partial charge in [-0.1, -0.05) is 18.2 Å². The second-order valence-corrected chi connectivity index (χ2v) is 2.63. The molecule has 1 aromatic carbocycles. The van der Waals surface area contributed by atoms with Crippen molar-refractivity contribution < 1.29 is 0 Å². The Balaban J connectivity index is 0.000000845. The van der Waals surface area contributed by atoms with E-state index in [9.17, 15) is 0 Å². The van der Waals surface area contributed by atoms with E-state index in [4.69, 9.17) is 0 Å². The lowest BCUT2D eigenvalue weighted by Crippen LogP contribution is -1.90. The van der Waals surface area contributed by atoms with E-state index in [0.29, 0.717) is 0 Å². The van der Waals surface area contributed by atoms with Gasteiger partial charge in [-0.3, -0.25) is 4.98 Å². The Morgan fingerprint density at radius 2 is 1.79 bits per heavy atom. The van der Waals surface area contributed by atoms with Gasteiger partial charge in [0.2, 0.25) is 0 Å². The molecule has 0 radical (unpaired) electrons. The second kappa shape index (κ2) is 5.68. The highest BCUT2D eigenvalue weighted by Gasteiger charge is 1.96. The lowest BCUT2D eigenvalue weighted by Gasteiger charge is -2.02. The van der Waals surface area contributed by atoms with Gasteiger partial charge in [0.05, 0.1) is 11.2 Å². The zero-order valence-corrected chi connectivity index (χ0v) is 9.36. The van der Waals surface area contributed by atoms with Gasteiger partial charge in [-0.15, -0.1) is 24.8 Å². The Bertz CT molecular complexity index is 399. The fourth-order valence-corrected chi connectivity index (χ4v) is 1.31. The number of pyridine rings is 1. The number of hydrogen-bond donors (Lipinski definition) is 1. The molecule has 1 N–H and O–H groups in total. The van der Waals surface area contributed by atoms with Crippen LogP contribution in [0.25, 0.3) is 10.9 Å². The number of rotatable bonds is 1. The maximum atomic E-state index is 4.29. The highest BCUT2D eigenvalue weighted by molar-refractivity contribution is 5.89. The monoisotopic (exact) mass is 230 g/mol. The molecule has 2 rings (SSSR count). The summed E-state index contributed by atoms with van der Waals surface area (Å²) in [6.45, 7) is 0. The van der Waals surface area contributed by atoms with Gasteiger partial charge >= 0.3 is 0 Å². The maximum absolute atomic E-state index is 4.29. The van der Waals surface area contributed by atoms with Crippen molar-refractivity contribution >= 4 is 41.4 Å². The van der Waals surface area contributed by atoms with Crippen LogP contribution in [0.2, 0.25) is 0 Å². The molecule has 1 heterocycles. The van der Waals surface area contributed by atoms with Crippen molar-refractivity contribution in [3.05, 3.63) is 36.5 Å². The molecule has 2 aromatic rings. The Hall–Kier alpha value is -0.990. The lowest BCUT2D eigenvalue weighted by atomic mass is 10.2. The van der Waals surface area contributed by atoms with Crippen LogP contribution in [0.1, 0.15) is 0 Å². The van der Waals surface area contributed by atoms with E-state index in [1.165, 1.54) is 5.39 Å². The van der Waals surface area contributed by atoms with Crippen LogP contribution in [0.3, 0.4) is 0 Å². The summed E-state index contributed by atoms with van der Waals surface area (Å²) in [6, 6.07) is 10.1. The summed E-state index contributed by atoms with van der Waals surface area (Å²) in [5.74, 6) is 0. The molecule has 14 heavy (non-hydrogen) atoms. The highest BCUT2D eigenvalue weighted by atomic mass is 35.5. The summed E-state index contributed by atoms with van der Waals surface area (Å²) in [4.78, 5) is 4.29. The molecule has 0 spiro atoms. The first kappa shape index (κ1) is 13.0. The third-order valence-electron chi connectivity index (χ3n) is 1.90. The molecule has 0 saturated heterocycles. The minimum atomic E-state index is 0. The van der Waals surface area contributed by atoms with Crippen LogP contribution in [0.4, 0.5) is 5.69 Å². The van der Waals surface area contributed by atoms with Crippen molar-refractivity contribution in [1.29, 1.82) is 0 Å². The van der Waals surface area contributed by atoms with Crippen LogP contribution in [0, 0.1) is 0 Å². The Morgan fingerprint density at radius 3 is 2.50 bits per heavy atom. The standard InChI is InChI=1S/C10H10N2.2ClH/c1-11-9-6-2-4-8-5-3-7-12-10(8)9;;/h2-7,11H,1H3;2*1H. The molecule has 1 aromatic heterocycles. The molecule has 0 unspecified atom stereocenters. The van der Waals surface area contributed by atoms with Crippen molar-refractivity contribution in [2.24, 2.45) is 0 Å². The molecule has 0 fully saturated rings. The summed E-state index contributed by atoms with van der Waals surface area (Å²) in [5.41, 5.74) is 2.11. The first-order chi connectivity index (χ1) is 5.92. The minimum Gasteiger partial charge on any atom is -0.386 e. The summed E-state index contributed by atoms with van der Waals surface area (Å²) in [7, 11) is 1.91. The van der Waals surface area contributed by atoms with Crippen LogP contribution in [-0.2, 0) is 0 Å². The van der Waals surface area contributed by atoms with Crippen molar-refractivity contribution in [2.45, 2.75) is 0 Å². The number of nitrogens with zero attached hydrogens (tertiary/aromatic N) is 1. The van der Waals surface area contributed by atoms with Crippen molar-refractivity contribution in [1.82, 2.24) is 4.98 Å². The first-order valence-corrected chi connectivity index (χ1v) is 3.93. The van der Waals surface area contributed by atoms with Gasteiger partial charge < -0.3 is 5.32 Å².